The van der Waals surface area contributed by atoms with Gasteiger partial charge in [0.05, 0.1) is 10.6 Å². The fourth-order valence-corrected chi connectivity index (χ4v) is 2.29. The molecule has 0 aliphatic heterocycles. The van der Waals surface area contributed by atoms with Crippen molar-refractivity contribution in [2.75, 3.05) is 10.6 Å². The summed E-state index contributed by atoms with van der Waals surface area (Å²) in [6.07, 6.45) is 1.94. The van der Waals surface area contributed by atoms with Gasteiger partial charge in [-0.05, 0) is 49.2 Å². The van der Waals surface area contributed by atoms with Gasteiger partial charge in [-0.15, -0.1) is 0 Å². The van der Waals surface area contributed by atoms with Gasteiger partial charge in [-0.1, -0.05) is 23.7 Å². The Balaban J connectivity index is 1.64. The molecule has 0 saturated heterocycles. The molecule has 1 aliphatic carbocycles. The number of anilines is 2. The standard InChI is InChI=1S/C17H15ClN2O2/c18-15-4-2-1-3-14(15)17(22)20-13-9-7-12(8-10-13)19-16(21)11-5-6-11/h1-4,7-11H,5-6H2,(H,19,21)(H,20,22). The van der Waals surface area contributed by atoms with Crippen molar-refractivity contribution in [1.29, 1.82) is 0 Å². The molecule has 3 rings (SSSR count). The van der Waals surface area contributed by atoms with E-state index in [0.717, 1.165) is 18.5 Å². The molecule has 2 amide bonds. The quantitative estimate of drug-likeness (QED) is 0.898. The summed E-state index contributed by atoms with van der Waals surface area (Å²) in [4.78, 5) is 23.8. The molecule has 1 aliphatic rings. The summed E-state index contributed by atoms with van der Waals surface area (Å²) in [6.45, 7) is 0. The van der Waals surface area contributed by atoms with Crippen molar-refractivity contribution in [3.8, 4) is 0 Å². The first kappa shape index (κ1) is 14.6. The number of benzene rings is 2. The lowest BCUT2D eigenvalue weighted by Crippen LogP contribution is -2.14. The molecular formula is C17H15ClN2O2. The molecule has 0 heterocycles. The van der Waals surface area contributed by atoms with Crippen molar-refractivity contribution >= 4 is 34.8 Å². The Morgan fingerprint density at radius 2 is 1.50 bits per heavy atom. The van der Waals surface area contributed by atoms with E-state index in [-0.39, 0.29) is 17.7 Å². The third-order valence-electron chi connectivity index (χ3n) is 3.48. The number of carbonyl (C=O) groups is 2. The molecule has 2 N–H and O–H groups in total. The highest BCUT2D eigenvalue weighted by molar-refractivity contribution is 6.34. The fourth-order valence-electron chi connectivity index (χ4n) is 2.07. The average Bonchev–Trinajstić information content (AvgIpc) is 3.34. The van der Waals surface area contributed by atoms with Gasteiger partial charge in [0.15, 0.2) is 0 Å². The monoisotopic (exact) mass is 314 g/mol. The molecule has 2 aromatic rings. The summed E-state index contributed by atoms with van der Waals surface area (Å²) in [7, 11) is 0. The van der Waals surface area contributed by atoms with Crippen LogP contribution in [0, 0.1) is 5.92 Å². The Hall–Kier alpha value is -2.33. The van der Waals surface area contributed by atoms with Gasteiger partial charge in [0.2, 0.25) is 5.91 Å². The minimum absolute atomic E-state index is 0.0628. The van der Waals surface area contributed by atoms with Crippen LogP contribution in [-0.2, 0) is 4.79 Å². The van der Waals surface area contributed by atoms with Crippen LogP contribution in [0.1, 0.15) is 23.2 Å². The highest BCUT2D eigenvalue weighted by atomic mass is 35.5. The van der Waals surface area contributed by atoms with Gasteiger partial charge in [-0.2, -0.15) is 0 Å². The van der Waals surface area contributed by atoms with Crippen LogP contribution in [0.3, 0.4) is 0 Å². The van der Waals surface area contributed by atoms with Gasteiger partial charge in [0.25, 0.3) is 5.91 Å². The van der Waals surface area contributed by atoms with Crippen molar-refractivity contribution in [2.45, 2.75) is 12.8 Å². The van der Waals surface area contributed by atoms with Gasteiger partial charge in [-0.25, -0.2) is 0 Å². The van der Waals surface area contributed by atoms with E-state index in [1.807, 2.05) is 0 Å². The highest BCUT2D eigenvalue weighted by Gasteiger charge is 2.29. The number of hydrogen-bond donors (Lipinski definition) is 2. The van der Waals surface area contributed by atoms with E-state index in [2.05, 4.69) is 10.6 Å². The number of nitrogens with one attached hydrogen (secondary N) is 2. The zero-order valence-electron chi connectivity index (χ0n) is 11.8. The second-order valence-electron chi connectivity index (χ2n) is 5.27. The molecule has 0 radical (unpaired) electrons. The maximum Gasteiger partial charge on any atom is 0.257 e. The SMILES string of the molecule is O=C(Nc1ccc(NC(=O)C2CC2)cc1)c1ccccc1Cl. The van der Waals surface area contributed by atoms with Gasteiger partial charge in [0.1, 0.15) is 0 Å². The molecule has 112 valence electrons. The largest absolute Gasteiger partial charge is 0.326 e. The molecule has 0 unspecified atom stereocenters. The molecule has 0 aromatic heterocycles. The van der Waals surface area contributed by atoms with Crippen LogP contribution < -0.4 is 10.6 Å². The molecule has 2 aromatic carbocycles. The van der Waals surface area contributed by atoms with E-state index in [9.17, 15) is 9.59 Å². The second kappa shape index (κ2) is 6.20. The maximum atomic E-state index is 12.1. The van der Waals surface area contributed by atoms with E-state index in [1.165, 1.54) is 0 Å². The van der Waals surface area contributed by atoms with Crippen LogP contribution in [-0.4, -0.2) is 11.8 Å². The smallest absolute Gasteiger partial charge is 0.257 e. The van der Waals surface area contributed by atoms with Gasteiger partial charge in [-0.3, -0.25) is 9.59 Å². The summed E-state index contributed by atoms with van der Waals surface area (Å²) in [6, 6.07) is 13.9. The molecule has 22 heavy (non-hydrogen) atoms. The summed E-state index contributed by atoms with van der Waals surface area (Å²) in [5.74, 6) is -0.0344. The Morgan fingerprint density at radius 1 is 0.909 bits per heavy atom. The number of amides is 2. The lowest BCUT2D eigenvalue weighted by Gasteiger charge is -2.08. The third kappa shape index (κ3) is 3.46. The summed E-state index contributed by atoms with van der Waals surface area (Å²) in [5, 5.41) is 6.04. The Morgan fingerprint density at radius 3 is 2.09 bits per heavy atom. The number of rotatable bonds is 4. The molecule has 0 bridgehead atoms. The molecule has 1 saturated carbocycles. The summed E-state index contributed by atoms with van der Waals surface area (Å²) >= 11 is 6.00. The molecule has 0 spiro atoms. The third-order valence-corrected chi connectivity index (χ3v) is 3.81. The van der Waals surface area contributed by atoms with Crippen molar-refractivity contribution in [1.82, 2.24) is 0 Å². The minimum atomic E-state index is -0.264. The maximum absolute atomic E-state index is 12.1. The Kier molecular flexibility index (Phi) is 4.11. The fraction of sp³-hybridized carbons (Fsp3) is 0.176. The second-order valence-corrected chi connectivity index (χ2v) is 5.68. The number of carbonyl (C=O) groups excluding carboxylic acids is 2. The van der Waals surface area contributed by atoms with E-state index in [1.54, 1.807) is 48.5 Å². The number of halogens is 1. The average molecular weight is 315 g/mol. The molecule has 4 nitrogen and oxygen atoms in total. The van der Waals surface area contributed by atoms with E-state index >= 15 is 0 Å². The minimum Gasteiger partial charge on any atom is -0.326 e. The van der Waals surface area contributed by atoms with Gasteiger partial charge in [0, 0.05) is 17.3 Å². The molecule has 0 atom stereocenters. The first-order valence-electron chi connectivity index (χ1n) is 7.10. The van der Waals surface area contributed by atoms with Gasteiger partial charge < -0.3 is 10.6 Å². The summed E-state index contributed by atoms with van der Waals surface area (Å²) in [5.41, 5.74) is 1.80. The van der Waals surface area contributed by atoms with Crippen molar-refractivity contribution < 1.29 is 9.59 Å². The Bertz CT molecular complexity index is 709. The topological polar surface area (TPSA) is 58.2 Å². The van der Waals surface area contributed by atoms with E-state index in [4.69, 9.17) is 11.6 Å². The predicted octanol–water partition coefficient (Wildman–Crippen LogP) is 3.94. The Labute approximate surface area is 133 Å². The molecule has 5 heteroatoms. The zero-order chi connectivity index (χ0) is 15.5. The lowest BCUT2D eigenvalue weighted by atomic mass is 10.2. The highest BCUT2D eigenvalue weighted by Crippen LogP contribution is 2.30. The first-order valence-corrected chi connectivity index (χ1v) is 7.48. The van der Waals surface area contributed by atoms with E-state index in [0.29, 0.717) is 16.3 Å². The van der Waals surface area contributed by atoms with Crippen molar-refractivity contribution in [3.63, 3.8) is 0 Å². The first-order chi connectivity index (χ1) is 10.6. The molecule has 1 fully saturated rings. The van der Waals surface area contributed by atoms with Crippen LogP contribution in [0.5, 0.6) is 0 Å². The van der Waals surface area contributed by atoms with Crippen LogP contribution in [0.25, 0.3) is 0 Å². The van der Waals surface area contributed by atoms with Crippen LogP contribution in [0.2, 0.25) is 5.02 Å². The molecular weight excluding hydrogens is 300 g/mol. The summed E-state index contributed by atoms with van der Waals surface area (Å²) < 4.78 is 0. The normalized spacial score (nSPS) is 13.5. The van der Waals surface area contributed by atoms with E-state index < -0.39 is 0 Å². The van der Waals surface area contributed by atoms with Crippen LogP contribution >= 0.6 is 11.6 Å². The van der Waals surface area contributed by atoms with Crippen molar-refractivity contribution in [3.05, 3.63) is 59.1 Å². The van der Waals surface area contributed by atoms with Crippen LogP contribution in [0.4, 0.5) is 11.4 Å². The zero-order valence-corrected chi connectivity index (χ0v) is 12.6. The van der Waals surface area contributed by atoms with Gasteiger partial charge >= 0.3 is 0 Å². The lowest BCUT2D eigenvalue weighted by molar-refractivity contribution is -0.117. The number of hydrogen-bond acceptors (Lipinski definition) is 2. The van der Waals surface area contributed by atoms with Crippen molar-refractivity contribution in [2.24, 2.45) is 5.92 Å². The van der Waals surface area contributed by atoms with Crippen LogP contribution in [0.15, 0.2) is 48.5 Å². The predicted molar refractivity (Wildman–Crippen MR) is 87.2 cm³/mol.